The summed E-state index contributed by atoms with van der Waals surface area (Å²) in [6, 6.07) is -5.23. The number of nitrogens with two attached hydrogens (primary N) is 1. The second-order valence-electron chi connectivity index (χ2n) is 6.71. The van der Waals surface area contributed by atoms with Gasteiger partial charge in [0.15, 0.2) is 0 Å². The number of rotatable bonds is 12. The number of hydrogen-bond acceptors (Lipinski definition) is 7. The summed E-state index contributed by atoms with van der Waals surface area (Å²) in [6.45, 7) is 4.13. The monoisotopic (exact) mass is 404 g/mol. The predicted molar refractivity (Wildman–Crippen MR) is 95.9 cm³/mol. The van der Waals surface area contributed by atoms with Crippen molar-refractivity contribution in [3.63, 3.8) is 0 Å². The topological polar surface area (TPSA) is 208 Å². The maximum atomic E-state index is 12.3. The van der Waals surface area contributed by atoms with Crippen LogP contribution in [-0.4, -0.2) is 75.8 Å². The van der Waals surface area contributed by atoms with E-state index >= 15 is 0 Å². The standard InChI is InChI=1S/C16H28N4O8/c1-7(2)4-11(16(27)28)20-15(26)10(5-12(22)23)19-13(24)8(3)18-14(25)9(17)6-21/h7-11,21H,4-6,17H2,1-3H3,(H,18,25)(H,19,24)(H,20,26)(H,22,23)(H,27,28). The van der Waals surface area contributed by atoms with Gasteiger partial charge in [-0.25, -0.2) is 4.79 Å². The lowest BCUT2D eigenvalue weighted by Crippen LogP contribution is -2.57. The molecule has 8 N–H and O–H groups in total. The van der Waals surface area contributed by atoms with Crippen molar-refractivity contribution in [2.24, 2.45) is 11.7 Å². The van der Waals surface area contributed by atoms with E-state index in [2.05, 4.69) is 16.0 Å². The number of carboxylic acid groups (broad SMARTS) is 2. The smallest absolute Gasteiger partial charge is 0.326 e. The van der Waals surface area contributed by atoms with Gasteiger partial charge in [0.25, 0.3) is 0 Å². The zero-order chi connectivity index (χ0) is 22.0. The fourth-order valence-electron chi connectivity index (χ4n) is 2.11. The van der Waals surface area contributed by atoms with E-state index in [1.54, 1.807) is 13.8 Å². The Hall–Kier alpha value is -2.73. The van der Waals surface area contributed by atoms with E-state index < -0.39 is 66.9 Å². The average molecular weight is 404 g/mol. The normalized spacial score (nSPS) is 15.1. The van der Waals surface area contributed by atoms with Crippen molar-refractivity contribution in [3.05, 3.63) is 0 Å². The van der Waals surface area contributed by atoms with Gasteiger partial charge in [0.2, 0.25) is 17.7 Å². The van der Waals surface area contributed by atoms with E-state index in [1.165, 1.54) is 6.92 Å². The highest BCUT2D eigenvalue weighted by molar-refractivity contribution is 5.95. The molecule has 0 aromatic heterocycles. The van der Waals surface area contributed by atoms with Gasteiger partial charge in [0.1, 0.15) is 24.2 Å². The number of hydrogen-bond donors (Lipinski definition) is 7. The molecule has 0 aromatic carbocycles. The molecule has 0 fully saturated rings. The Labute approximate surface area is 161 Å². The molecule has 0 aliphatic heterocycles. The van der Waals surface area contributed by atoms with E-state index in [1.807, 2.05) is 0 Å². The fraction of sp³-hybridized carbons (Fsp3) is 0.688. The highest BCUT2D eigenvalue weighted by Gasteiger charge is 2.30. The van der Waals surface area contributed by atoms with Crippen molar-refractivity contribution in [1.82, 2.24) is 16.0 Å². The van der Waals surface area contributed by atoms with Gasteiger partial charge in [-0.1, -0.05) is 13.8 Å². The Kier molecular flexibility index (Phi) is 10.7. The van der Waals surface area contributed by atoms with Gasteiger partial charge in [0.05, 0.1) is 13.0 Å². The fourth-order valence-corrected chi connectivity index (χ4v) is 2.11. The van der Waals surface area contributed by atoms with Gasteiger partial charge in [0, 0.05) is 0 Å². The number of carbonyl (C=O) groups is 5. The summed E-state index contributed by atoms with van der Waals surface area (Å²) in [5.74, 6) is -5.41. The van der Waals surface area contributed by atoms with E-state index in [9.17, 15) is 29.1 Å². The molecule has 0 aliphatic carbocycles. The molecular formula is C16H28N4O8. The summed E-state index contributed by atoms with van der Waals surface area (Å²) in [5.41, 5.74) is 5.31. The van der Waals surface area contributed by atoms with Crippen LogP contribution in [0.4, 0.5) is 0 Å². The minimum absolute atomic E-state index is 0.0557. The molecule has 28 heavy (non-hydrogen) atoms. The summed E-state index contributed by atoms with van der Waals surface area (Å²) >= 11 is 0. The van der Waals surface area contributed by atoms with Crippen LogP contribution in [0.1, 0.15) is 33.6 Å². The predicted octanol–water partition coefficient (Wildman–Crippen LogP) is -2.61. The van der Waals surface area contributed by atoms with Crippen LogP contribution in [0.3, 0.4) is 0 Å². The van der Waals surface area contributed by atoms with Gasteiger partial charge in [-0.3, -0.25) is 19.2 Å². The van der Waals surface area contributed by atoms with Crippen LogP contribution in [0, 0.1) is 5.92 Å². The lowest BCUT2D eigenvalue weighted by molar-refractivity contribution is -0.144. The summed E-state index contributed by atoms with van der Waals surface area (Å²) in [7, 11) is 0. The van der Waals surface area contributed by atoms with E-state index in [0.717, 1.165) is 0 Å². The number of carboxylic acids is 2. The SMILES string of the molecule is CC(C)CC(NC(=O)C(CC(=O)O)NC(=O)C(C)NC(=O)C(N)CO)C(=O)O. The van der Waals surface area contributed by atoms with Gasteiger partial charge in [-0.05, 0) is 19.3 Å². The Balaban J connectivity index is 5.12. The lowest BCUT2D eigenvalue weighted by atomic mass is 10.0. The molecule has 0 rings (SSSR count). The van der Waals surface area contributed by atoms with Crippen molar-refractivity contribution < 1.29 is 39.3 Å². The minimum Gasteiger partial charge on any atom is -0.481 e. The maximum absolute atomic E-state index is 12.3. The molecule has 4 atom stereocenters. The van der Waals surface area contributed by atoms with E-state index in [0.29, 0.717) is 0 Å². The van der Waals surface area contributed by atoms with Crippen LogP contribution in [0.15, 0.2) is 0 Å². The number of aliphatic carboxylic acids is 2. The van der Waals surface area contributed by atoms with Gasteiger partial charge >= 0.3 is 11.9 Å². The summed E-state index contributed by atoms with van der Waals surface area (Å²) < 4.78 is 0. The Morgan fingerprint density at radius 3 is 1.82 bits per heavy atom. The first-order valence-electron chi connectivity index (χ1n) is 8.61. The van der Waals surface area contributed by atoms with Crippen LogP contribution in [0.2, 0.25) is 0 Å². The first-order chi connectivity index (χ1) is 12.9. The number of nitrogens with one attached hydrogen (secondary N) is 3. The number of aliphatic hydroxyl groups excluding tert-OH is 1. The highest BCUT2D eigenvalue weighted by atomic mass is 16.4. The van der Waals surface area contributed by atoms with Gasteiger partial charge in [-0.15, -0.1) is 0 Å². The van der Waals surface area contributed by atoms with Crippen molar-refractivity contribution in [1.29, 1.82) is 0 Å². The first-order valence-corrected chi connectivity index (χ1v) is 8.61. The second kappa shape index (κ2) is 11.9. The minimum atomic E-state index is -1.55. The summed E-state index contributed by atoms with van der Waals surface area (Å²) in [6.07, 6.45) is -0.678. The third-order valence-corrected chi connectivity index (χ3v) is 3.62. The van der Waals surface area contributed by atoms with E-state index in [4.69, 9.17) is 15.9 Å². The van der Waals surface area contributed by atoms with Gasteiger partial charge in [-0.2, -0.15) is 0 Å². The Morgan fingerprint density at radius 2 is 1.39 bits per heavy atom. The number of aliphatic hydroxyl groups is 1. The Bertz CT molecular complexity index is 595. The Morgan fingerprint density at radius 1 is 0.857 bits per heavy atom. The third kappa shape index (κ3) is 9.28. The first kappa shape index (κ1) is 25.3. The maximum Gasteiger partial charge on any atom is 0.326 e. The van der Waals surface area contributed by atoms with Crippen LogP contribution in [-0.2, 0) is 24.0 Å². The molecule has 0 heterocycles. The lowest BCUT2D eigenvalue weighted by Gasteiger charge is -2.23. The molecule has 0 radical (unpaired) electrons. The third-order valence-electron chi connectivity index (χ3n) is 3.62. The molecule has 0 aromatic rings. The van der Waals surface area contributed by atoms with Crippen LogP contribution < -0.4 is 21.7 Å². The van der Waals surface area contributed by atoms with E-state index in [-0.39, 0.29) is 12.3 Å². The molecule has 12 nitrogen and oxygen atoms in total. The van der Waals surface area contributed by atoms with Gasteiger partial charge < -0.3 is 37.0 Å². The second-order valence-corrected chi connectivity index (χ2v) is 6.71. The molecule has 0 bridgehead atoms. The molecule has 3 amide bonds. The molecule has 160 valence electrons. The molecule has 0 saturated carbocycles. The van der Waals surface area contributed by atoms with Crippen molar-refractivity contribution in [3.8, 4) is 0 Å². The van der Waals surface area contributed by atoms with Crippen molar-refractivity contribution >= 4 is 29.7 Å². The van der Waals surface area contributed by atoms with Crippen molar-refractivity contribution in [2.75, 3.05) is 6.61 Å². The summed E-state index contributed by atoms with van der Waals surface area (Å²) in [4.78, 5) is 58.3. The number of carbonyl (C=O) groups excluding carboxylic acids is 3. The molecule has 0 aliphatic rings. The summed E-state index contributed by atoms with van der Waals surface area (Å²) in [5, 5.41) is 33.5. The quantitative estimate of drug-likeness (QED) is 0.181. The van der Waals surface area contributed by atoms with Crippen molar-refractivity contribution in [2.45, 2.75) is 57.8 Å². The number of amides is 3. The zero-order valence-electron chi connectivity index (χ0n) is 16.0. The zero-order valence-corrected chi connectivity index (χ0v) is 16.0. The molecular weight excluding hydrogens is 376 g/mol. The molecule has 0 saturated heterocycles. The molecule has 12 heteroatoms. The van der Waals surface area contributed by atoms with Crippen LogP contribution in [0.5, 0.6) is 0 Å². The molecule has 4 unspecified atom stereocenters. The molecule has 0 spiro atoms. The average Bonchev–Trinajstić information content (AvgIpc) is 2.58. The van der Waals surface area contributed by atoms with Crippen LogP contribution >= 0.6 is 0 Å². The largest absolute Gasteiger partial charge is 0.481 e. The van der Waals surface area contributed by atoms with Crippen LogP contribution in [0.25, 0.3) is 0 Å². The highest BCUT2D eigenvalue weighted by Crippen LogP contribution is 2.06.